The molecule has 2 aliphatic heterocycles. The van der Waals surface area contributed by atoms with E-state index in [0.29, 0.717) is 5.69 Å². The number of amides is 1. The number of carbonyl (C=O) groups excluding carboxylic acids is 1. The van der Waals surface area contributed by atoms with Crippen LogP contribution in [0.4, 0.5) is 11.4 Å². The van der Waals surface area contributed by atoms with E-state index in [4.69, 9.17) is 0 Å². The first-order chi connectivity index (χ1) is 12.3. The van der Waals surface area contributed by atoms with Gasteiger partial charge in [0.05, 0.1) is 11.9 Å². The highest BCUT2D eigenvalue weighted by Crippen LogP contribution is 2.32. The predicted octanol–water partition coefficient (Wildman–Crippen LogP) is 4.18. The van der Waals surface area contributed by atoms with E-state index in [2.05, 4.69) is 34.1 Å². The number of likely N-dealkylation sites (tertiary alicyclic amines) is 1. The summed E-state index contributed by atoms with van der Waals surface area (Å²) >= 11 is 0. The summed E-state index contributed by atoms with van der Waals surface area (Å²) in [5, 5.41) is 0. The van der Waals surface area contributed by atoms with Crippen molar-refractivity contribution in [2.45, 2.75) is 38.5 Å². The zero-order chi connectivity index (χ0) is 17.1. The van der Waals surface area contributed by atoms with Crippen molar-refractivity contribution in [1.29, 1.82) is 0 Å². The number of rotatable bonds is 2. The molecule has 0 unspecified atom stereocenters. The van der Waals surface area contributed by atoms with Gasteiger partial charge in [-0.15, -0.1) is 0 Å². The van der Waals surface area contributed by atoms with Crippen LogP contribution in [-0.2, 0) is 6.42 Å². The van der Waals surface area contributed by atoms with Crippen LogP contribution in [0.1, 0.15) is 48.2 Å². The average molecular weight is 335 g/mol. The van der Waals surface area contributed by atoms with Crippen LogP contribution in [-0.4, -0.2) is 35.4 Å². The minimum absolute atomic E-state index is 0.0764. The molecule has 25 heavy (non-hydrogen) atoms. The Balaban J connectivity index is 1.54. The molecule has 2 aromatic rings. The Morgan fingerprint density at radius 1 is 0.880 bits per heavy atom. The maximum Gasteiger partial charge on any atom is 0.272 e. The van der Waals surface area contributed by atoms with E-state index in [0.717, 1.165) is 51.0 Å². The molecule has 1 aromatic carbocycles. The lowest BCUT2D eigenvalue weighted by molar-refractivity contribution is 0.0756. The molecule has 2 aliphatic rings. The first-order valence-corrected chi connectivity index (χ1v) is 9.44. The zero-order valence-corrected chi connectivity index (χ0v) is 14.7. The van der Waals surface area contributed by atoms with E-state index in [1.54, 1.807) is 0 Å². The Labute approximate surface area is 149 Å². The monoisotopic (exact) mass is 335 g/mol. The highest BCUT2D eigenvalue weighted by atomic mass is 16.2. The third-order valence-corrected chi connectivity index (χ3v) is 5.28. The molecule has 0 atom stereocenters. The molecular formula is C21H25N3O. The molecule has 0 spiro atoms. The SMILES string of the molecule is O=C(c1ccc(N2CCCc3ccccc32)cn1)N1CCCCCC1. The first-order valence-electron chi connectivity index (χ1n) is 9.44. The summed E-state index contributed by atoms with van der Waals surface area (Å²) in [5.41, 5.74) is 4.29. The van der Waals surface area contributed by atoms with E-state index in [-0.39, 0.29) is 5.91 Å². The number of carbonyl (C=O) groups is 1. The summed E-state index contributed by atoms with van der Waals surface area (Å²) in [6, 6.07) is 12.5. The Bertz CT molecular complexity index is 733. The summed E-state index contributed by atoms with van der Waals surface area (Å²) in [6.07, 6.45) is 8.79. The van der Waals surface area contributed by atoms with E-state index < -0.39 is 0 Å². The first kappa shape index (κ1) is 16.1. The Hall–Kier alpha value is -2.36. The summed E-state index contributed by atoms with van der Waals surface area (Å²) in [7, 11) is 0. The maximum atomic E-state index is 12.7. The number of aryl methyl sites for hydroxylation is 1. The van der Waals surface area contributed by atoms with Gasteiger partial charge < -0.3 is 9.80 Å². The minimum atomic E-state index is 0.0764. The number of anilines is 2. The molecule has 130 valence electrons. The largest absolute Gasteiger partial charge is 0.340 e. The Kier molecular flexibility index (Phi) is 4.68. The number of benzene rings is 1. The number of hydrogen-bond donors (Lipinski definition) is 0. The molecule has 3 heterocycles. The van der Waals surface area contributed by atoms with E-state index >= 15 is 0 Å². The number of pyridine rings is 1. The fraction of sp³-hybridized carbons (Fsp3) is 0.429. The molecular weight excluding hydrogens is 310 g/mol. The van der Waals surface area contributed by atoms with Gasteiger partial charge in [-0.05, 0) is 49.4 Å². The van der Waals surface area contributed by atoms with Crippen LogP contribution in [0, 0.1) is 0 Å². The van der Waals surface area contributed by atoms with Crippen molar-refractivity contribution in [1.82, 2.24) is 9.88 Å². The minimum Gasteiger partial charge on any atom is -0.340 e. The van der Waals surface area contributed by atoms with Crippen LogP contribution < -0.4 is 4.90 Å². The number of hydrogen-bond acceptors (Lipinski definition) is 3. The molecule has 4 heteroatoms. The second-order valence-corrected chi connectivity index (χ2v) is 6.99. The highest BCUT2D eigenvalue weighted by molar-refractivity contribution is 5.92. The second kappa shape index (κ2) is 7.26. The van der Waals surface area contributed by atoms with E-state index in [1.807, 2.05) is 23.2 Å². The Morgan fingerprint density at radius 3 is 2.44 bits per heavy atom. The normalized spacial score (nSPS) is 17.8. The van der Waals surface area contributed by atoms with Gasteiger partial charge in [0.1, 0.15) is 5.69 Å². The van der Waals surface area contributed by atoms with E-state index in [1.165, 1.54) is 24.1 Å². The van der Waals surface area contributed by atoms with E-state index in [9.17, 15) is 4.79 Å². The molecule has 0 N–H and O–H groups in total. The molecule has 0 bridgehead atoms. The number of aromatic nitrogens is 1. The lowest BCUT2D eigenvalue weighted by Gasteiger charge is -2.31. The van der Waals surface area contributed by atoms with Gasteiger partial charge in [-0.1, -0.05) is 31.0 Å². The fourth-order valence-corrected chi connectivity index (χ4v) is 3.91. The molecule has 1 fully saturated rings. The van der Waals surface area contributed by atoms with Crippen LogP contribution in [0.25, 0.3) is 0 Å². The molecule has 1 amide bonds. The summed E-state index contributed by atoms with van der Waals surface area (Å²) < 4.78 is 0. The molecule has 1 saturated heterocycles. The van der Waals surface area contributed by atoms with Crippen LogP contribution in [0.2, 0.25) is 0 Å². The third kappa shape index (κ3) is 3.39. The average Bonchev–Trinajstić information content (AvgIpc) is 2.97. The van der Waals surface area contributed by atoms with Gasteiger partial charge in [0.15, 0.2) is 0 Å². The van der Waals surface area contributed by atoms with Crippen molar-refractivity contribution in [2.24, 2.45) is 0 Å². The molecule has 4 rings (SSSR count). The summed E-state index contributed by atoms with van der Waals surface area (Å²) in [5.74, 6) is 0.0764. The quantitative estimate of drug-likeness (QED) is 0.826. The van der Waals surface area contributed by atoms with Crippen LogP contribution in [0.15, 0.2) is 42.6 Å². The van der Waals surface area contributed by atoms with Gasteiger partial charge in [-0.2, -0.15) is 0 Å². The van der Waals surface area contributed by atoms with Crippen molar-refractivity contribution >= 4 is 17.3 Å². The fourth-order valence-electron chi connectivity index (χ4n) is 3.91. The standard InChI is InChI=1S/C21H25N3O/c25-21(23-13-5-1-2-6-14-23)19-12-11-18(16-22-19)24-15-7-9-17-8-3-4-10-20(17)24/h3-4,8,10-12,16H,1-2,5-7,9,13-15H2. The van der Waals surface area contributed by atoms with Gasteiger partial charge in [0, 0.05) is 25.3 Å². The lowest BCUT2D eigenvalue weighted by Crippen LogP contribution is -2.32. The van der Waals surface area contributed by atoms with Crippen molar-refractivity contribution in [3.8, 4) is 0 Å². The predicted molar refractivity (Wildman–Crippen MR) is 100 cm³/mol. The molecule has 4 nitrogen and oxygen atoms in total. The lowest BCUT2D eigenvalue weighted by atomic mass is 10.0. The van der Waals surface area contributed by atoms with Crippen molar-refractivity contribution < 1.29 is 4.79 Å². The maximum absolute atomic E-state index is 12.7. The van der Waals surface area contributed by atoms with Gasteiger partial charge >= 0.3 is 0 Å². The smallest absolute Gasteiger partial charge is 0.272 e. The number of nitrogens with zero attached hydrogens (tertiary/aromatic N) is 3. The van der Waals surface area contributed by atoms with Crippen LogP contribution >= 0.6 is 0 Å². The molecule has 1 aromatic heterocycles. The number of fused-ring (bicyclic) bond motifs is 1. The van der Waals surface area contributed by atoms with Gasteiger partial charge in [-0.3, -0.25) is 4.79 Å². The highest BCUT2D eigenvalue weighted by Gasteiger charge is 2.21. The van der Waals surface area contributed by atoms with Crippen molar-refractivity contribution in [2.75, 3.05) is 24.5 Å². The summed E-state index contributed by atoms with van der Waals surface area (Å²) in [6.45, 7) is 2.72. The van der Waals surface area contributed by atoms with Gasteiger partial charge in [0.25, 0.3) is 5.91 Å². The van der Waals surface area contributed by atoms with Crippen LogP contribution in [0.3, 0.4) is 0 Å². The van der Waals surface area contributed by atoms with Gasteiger partial charge in [0.2, 0.25) is 0 Å². The second-order valence-electron chi connectivity index (χ2n) is 6.99. The summed E-state index contributed by atoms with van der Waals surface area (Å²) in [4.78, 5) is 21.5. The molecule has 0 saturated carbocycles. The Morgan fingerprint density at radius 2 is 1.68 bits per heavy atom. The van der Waals surface area contributed by atoms with Crippen molar-refractivity contribution in [3.63, 3.8) is 0 Å². The van der Waals surface area contributed by atoms with Crippen molar-refractivity contribution in [3.05, 3.63) is 53.9 Å². The molecule has 0 aliphatic carbocycles. The number of para-hydroxylation sites is 1. The van der Waals surface area contributed by atoms with Crippen LogP contribution in [0.5, 0.6) is 0 Å². The van der Waals surface area contributed by atoms with Gasteiger partial charge in [-0.25, -0.2) is 4.98 Å². The molecule has 0 radical (unpaired) electrons. The third-order valence-electron chi connectivity index (χ3n) is 5.28. The topological polar surface area (TPSA) is 36.4 Å². The zero-order valence-electron chi connectivity index (χ0n) is 14.7.